The highest BCUT2D eigenvalue weighted by Crippen LogP contribution is 2.37. The van der Waals surface area contributed by atoms with Crippen LogP contribution in [0.2, 0.25) is 10.0 Å². The molecule has 0 aliphatic heterocycles. The van der Waals surface area contributed by atoms with Gasteiger partial charge in [0, 0.05) is 25.3 Å². The molecule has 1 N–H and O–H groups in total. The number of hydrogen-bond donors (Lipinski definition) is 1. The number of carbonyl (C=O) groups excluding carboxylic acids is 1. The smallest absolute Gasteiger partial charge is 0.267 e. The lowest BCUT2D eigenvalue weighted by molar-refractivity contribution is 0.103. The number of rotatable bonds is 2. The summed E-state index contributed by atoms with van der Waals surface area (Å²) in [5, 5.41) is 4.91. The standard InChI is InChI=1S/C17H12BrCl2NOS/c1-8-5-10(18)6-9(2)15(8)21-17(22)16-14(20)12-4-3-11(19)7-13(12)23-16/h3-7H,1-2H3,(H,21,22). The van der Waals surface area contributed by atoms with Crippen molar-refractivity contribution in [3.63, 3.8) is 0 Å². The zero-order chi connectivity index (χ0) is 16.7. The lowest BCUT2D eigenvalue weighted by atomic mass is 10.1. The van der Waals surface area contributed by atoms with E-state index >= 15 is 0 Å². The number of benzene rings is 2. The number of thiophene rings is 1. The largest absolute Gasteiger partial charge is 0.321 e. The monoisotopic (exact) mass is 427 g/mol. The number of halogens is 3. The van der Waals surface area contributed by atoms with Gasteiger partial charge in [0.25, 0.3) is 5.91 Å². The Morgan fingerprint density at radius 3 is 2.43 bits per heavy atom. The van der Waals surface area contributed by atoms with E-state index in [2.05, 4.69) is 21.2 Å². The molecule has 0 bridgehead atoms. The fourth-order valence-corrected chi connectivity index (χ4v) is 4.84. The molecule has 0 fully saturated rings. The van der Waals surface area contributed by atoms with Crippen molar-refractivity contribution in [2.24, 2.45) is 0 Å². The fourth-order valence-electron chi connectivity index (χ4n) is 2.46. The zero-order valence-corrected chi connectivity index (χ0v) is 16.3. The first-order chi connectivity index (χ1) is 10.9. The van der Waals surface area contributed by atoms with Gasteiger partial charge in [0.15, 0.2) is 0 Å². The molecule has 0 aliphatic rings. The molecule has 1 heterocycles. The number of hydrogen-bond acceptors (Lipinski definition) is 2. The Labute approximate surface area is 156 Å². The number of fused-ring (bicyclic) bond motifs is 1. The van der Waals surface area contributed by atoms with Crippen molar-refractivity contribution in [3.05, 3.63) is 60.9 Å². The van der Waals surface area contributed by atoms with E-state index in [0.717, 1.165) is 31.4 Å². The third-order valence-electron chi connectivity index (χ3n) is 3.53. The fraction of sp³-hybridized carbons (Fsp3) is 0.118. The normalized spacial score (nSPS) is 11.0. The molecule has 1 aromatic heterocycles. The van der Waals surface area contributed by atoms with Gasteiger partial charge in [-0.2, -0.15) is 0 Å². The second kappa shape index (κ2) is 6.44. The van der Waals surface area contributed by atoms with Crippen molar-refractivity contribution in [1.29, 1.82) is 0 Å². The van der Waals surface area contributed by atoms with E-state index < -0.39 is 0 Å². The van der Waals surface area contributed by atoms with Crippen LogP contribution in [-0.4, -0.2) is 5.91 Å². The van der Waals surface area contributed by atoms with E-state index in [1.807, 2.05) is 38.1 Å². The van der Waals surface area contributed by atoms with E-state index in [1.54, 1.807) is 6.07 Å². The summed E-state index contributed by atoms with van der Waals surface area (Å²) in [4.78, 5) is 13.1. The number of amides is 1. The molecule has 2 aromatic carbocycles. The Kier molecular flexibility index (Phi) is 4.70. The van der Waals surface area contributed by atoms with Gasteiger partial charge in [0.05, 0.1) is 5.02 Å². The van der Waals surface area contributed by atoms with Gasteiger partial charge in [-0.05, 0) is 49.2 Å². The molecule has 0 unspecified atom stereocenters. The first kappa shape index (κ1) is 16.8. The molecule has 0 saturated carbocycles. The van der Waals surface area contributed by atoms with Gasteiger partial charge in [0.2, 0.25) is 0 Å². The Morgan fingerprint density at radius 1 is 1.13 bits per heavy atom. The molecule has 3 rings (SSSR count). The molecule has 0 radical (unpaired) electrons. The Hall–Kier alpha value is -1.07. The molecule has 6 heteroatoms. The van der Waals surface area contributed by atoms with Crippen LogP contribution in [0, 0.1) is 13.8 Å². The Balaban J connectivity index is 2.00. The summed E-state index contributed by atoms with van der Waals surface area (Å²) in [5.74, 6) is -0.208. The van der Waals surface area contributed by atoms with Crippen LogP contribution < -0.4 is 5.32 Å². The maximum atomic E-state index is 12.6. The molecular formula is C17H12BrCl2NOS. The third-order valence-corrected chi connectivity index (χ3v) is 5.88. The molecule has 1 amide bonds. The summed E-state index contributed by atoms with van der Waals surface area (Å²) < 4.78 is 1.89. The molecule has 0 saturated heterocycles. The van der Waals surface area contributed by atoms with Crippen LogP contribution in [0.3, 0.4) is 0 Å². The van der Waals surface area contributed by atoms with E-state index in [4.69, 9.17) is 23.2 Å². The molecule has 0 atom stereocenters. The Bertz CT molecular complexity index is 913. The van der Waals surface area contributed by atoms with Crippen LogP contribution in [0.1, 0.15) is 20.8 Å². The number of anilines is 1. The van der Waals surface area contributed by atoms with Crippen molar-refractivity contribution < 1.29 is 4.79 Å². The lowest BCUT2D eigenvalue weighted by Crippen LogP contribution is -2.12. The predicted octanol–water partition coefficient (Wildman–Crippen LogP) is 6.84. The summed E-state index contributed by atoms with van der Waals surface area (Å²) in [7, 11) is 0. The summed E-state index contributed by atoms with van der Waals surface area (Å²) in [6, 6.07) is 9.36. The Morgan fingerprint density at radius 2 is 1.78 bits per heavy atom. The van der Waals surface area contributed by atoms with Gasteiger partial charge < -0.3 is 5.32 Å². The van der Waals surface area contributed by atoms with Crippen LogP contribution in [0.4, 0.5) is 5.69 Å². The summed E-state index contributed by atoms with van der Waals surface area (Å²) >= 11 is 17.2. The zero-order valence-electron chi connectivity index (χ0n) is 12.3. The first-order valence-electron chi connectivity index (χ1n) is 6.82. The van der Waals surface area contributed by atoms with Gasteiger partial charge in [0.1, 0.15) is 4.88 Å². The highest BCUT2D eigenvalue weighted by molar-refractivity contribution is 9.10. The van der Waals surface area contributed by atoms with Crippen LogP contribution in [-0.2, 0) is 0 Å². The predicted molar refractivity (Wildman–Crippen MR) is 103 cm³/mol. The van der Waals surface area contributed by atoms with E-state index in [9.17, 15) is 4.79 Å². The van der Waals surface area contributed by atoms with Crippen molar-refractivity contribution in [2.45, 2.75) is 13.8 Å². The summed E-state index contributed by atoms with van der Waals surface area (Å²) in [5.41, 5.74) is 2.79. The second-order valence-corrected chi connectivity index (χ2v) is 8.04. The van der Waals surface area contributed by atoms with Crippen molar-refractivity contribution >= 4 is 72.1 Å². The molecule has 3 aromatic rings. The number of aryl methyl sites for hydroxylation is 2. The minimum Gasteiger partial charge on any atom is -0.321 e. The summed E-state index contributed by atoms with van der Waals surface area (Å²) in [6.07, 6.45) is 0. The number of carbonyl (C=O) groups is 1. The average molecular weight is 429 g/mol. The molecular weight excluding hydrogens is 417 g/mol. The molecule has 23 heavy (non-hydrogen) atoms. The van der Waals surface area contributed by atoms with Crippen molar-refractivity contribution in [1.82, 2.24) is 0 Å². The highest BCUT2D eigenvalue weighted by Gasteiger charge is 2.18. The maximum absolute atomic E-state index is 12.6. The van der Waals surface area contributed by atoms with Crippen LogP contribution in [0.15, 0.2) is 34.8 Å². The van der Waals surface area contributed by atoms with Gasteiger partial charge in [-0.1, -0.05) is 45.2 Å². The van der Waals surface area contributed by atoms with Crippen LogP contribution in [0.5, 0.6) is 0 Å². The van der Waals surface area contributed by atoms with Gasteiger partial charge in [-0.25, -0.2) is 0 Å². The lowest BCUT2D eigenvalue weighted by Gasteiger charge is -2.11. The third kappa shape index (κ3) is 3.26. The quantitative estimate of drug-likeness (QED) is 0.475. The summed E-state index contributed by atoms with van der Waals surface area (Å²) in [6.45, 7) is 3.92. The molecule has 0 aliphatic carbocycles. The average Bonchev–Trinajstić information content (AvgIpc) is 2.79. The van der Waals surface area contributed by atoms with E-state index in [0.29, 0.717) is 14.9 Å². The SMILES string of the molecule is Cc1cc(Br)cc(C)c1NC(=O)c1sc2cc(Cl)ccc2c1Cl. The van der Waals surface area contributed by atoms with Gasteiger partial charge >= 0.3 is 0 Å². The first-order valence-corrected chi connectivity index (χ1v) is 9.19. The minimum absolute atomic E-state index is 0.208. The minimum atomic E-state index is -0.208. The van der Waals surface area contributed by atoms with Gasteiger partial charge in [-0.15, -0.1) is 11.3 Å². The van der Waals surface area contributed by atoms with Crippen LogP contribution in [0.25, 0.3) is 10.1 Å². The number of nitrogens with one attached hydrogen (secondary N) is 1. The topological polar surface area (TPSA) is 29.1 Å². The van der Waals surface area contributed by atoms with Crippen molar-refractivity contribution in [3.8, 4) is 0 Å². The van der Waals surface area contributed by atoms with E-state index in [1.165, 1.54) is 11.3 Å². The maximum Gasteiger partial charge on any atom is 0.267 e. The van der Waals surface area contributed by atoms with Gasteiger partial charge in [-0.3, -0.25) is 4.79 Å². The van der Waals surface area contributed by atoms with Crippen LogP contribution >= 0.6 is 50.5 Å². The molecule has 118 valence electrons. The van der Waals surface area contributed by atoms with Crippen molar-refractivity contribution in [2.75, 3.05) is 5.32 Å². The highest BCUT2D eigenvalue weighted by atomic mass is 79.9. The molecule has 2 nitrogen and oxygen atoms in total. The molecule has 0 spiro atoms. The second-order valence-electron chi connectivity index (χ2n) is 5.25. The van der Waals surface area contributed by atoms with E-state index in [-0.39, 0.29) is 5.91 Å².